The molecule has 1 aliphatic rings. The quantitative estimate of drug-likeness (QED) is 0.841. The molecule has 0 fully saturated rings. The molecule has 130 valence electrons. The van der Waals surface area contributed by atoms with E-state index in [0.29, 0.717) is 12.0 Å². The molecule has 0 spiro atoms. The van der Waals surface area contributed by atoms with Crippen molar-refractivity contribution >= 4 is 27.5 Å². The average Bonchev–Trinajstić information content (AvgIpc) is 2.95. The number of fused-ring (bicyclic) bond motifs is 1. The maximum atomic E-state index is 13.0. The Bertz CT molecular complexity index is 1010. The number of primary amides is 1. The molecule has 1 unspecified atom stereocenters. The molecule has 1 atom stereocenters. The lowest BCUT2D eigenvalue weighted by Gasteiger charge is -2.32. The van der Waals surface area contributed by atoms with Crippen molar-refractivity contribution in [3.8, 4) is 6.07 Å². The number of sulfonamides is 1. The number of hydrogen-bond acceptors (Lipinski definition) is 5. The topological polar surface area (TPSA) is 122 Å². The van der Waals surface area contributed by atoms with Gasteiger partial charge in [0.25, 0.3) is 0 Å². The van der Waals surface area contributed by atoms with Crippen molar-refractivity contribution in [1.82, 2.24) is 14.1 Å². The fourth-order valence-electron chi connectivity index (χ4n) is 2.95. The summed E-state index contributed by atoms with van der Waals surface area (Å²) in [6.45, 7) is 0.0834. The first kappa shape index (κ1) is 17.4. The predicted molar refractivity (Wildman–Crippen MR) is 88.9 cm³/mol. The highest BCUT2D eigenvalue weighted by Gasteiger charge is 2.41. The first-order chi connectivity index (χ1) is 11.8. The first-order valence-corrected chi connectivity index (χ1v) is 9.10. The Morgan fingerprint density at radius 3 is 2.80 bits per heavy atom. The van der Waals surface area contributed by atoms with Crippen LogP contribution in [0.2, 0.25) is 5.02 Å². The summed E-state index contributed by atoms with van der Waals surface area (Å²) in [4.78, 5) is 11.9. The number of aromatic nitrogens is 2. The number of amides is 1. The van der Waals surface area contributed by atoms with Crippen LogP contribution in [0.25, 0.3) is 0 Å². The second-order valence-corrected chi connectivity index (χ2v) is 7.89. The highest BCUT2D eigenvalue weighted by molar-refractivity contribution is 7.89. The Morgan fingerprint density at radius 1 is 1.48 bits per heavy atom. The summed E-state index contributed by atoms with van der Waals surface area (Å²) >= 11 is 5.95. The van der Waals surface area contributed by atoms with E-state index >= 15 is 0 Å². The van der Waals surface area contributed by atoms with Gasteiger partial charge in [-0.25, -0.2) is 8.42 Å². The Hall–Kier alpha value is -2.41. The van der Waals surface area contributed by atoms with Crippen molar-refractivity contribution in [2.24, 2.45) is 12.8 Å². The molecule has 1 amide bonds. The lowest BCUT2D eigenvalue weighted by molar-refractivity contribution is -0.122. The molecule has 8 nitrogen and oxygen atoms in total. The van der Waals surface area contributed by atoms with E-state index in [4.69, 9.17) is 22.6 Å². The van der Waals surface area contributed by atoms with Crippen LogP contribution in [0.5, 0.6) is 0 Å². The van der Waals surface area contributed by atoms with Crippen LogP contribution in [-0.2, 0) is 28.3 Å². The average molecular weight is 380 g/mol. The third-order valence-corrected chi connectivity index (χ3v) is 6.36. The monoisotopic (exact) mass is 379 g/mol. The Morgan fingerprint density at radius 2 is 2.20 bits per heavy atom. The third kappa shape index (κ3) is 2.78. The van der Waals surface area contributed by atoms with Gasteiger partial charge in [-0.3, -0.25) is 9.48 Å². The second kappa shape index (κ2) is 6.15. The van der Waals surface area contributed by atoms with Gasteiger partial charge in [0.1, 0.15) is 12.1 Å². The van der Waals surface area contributed by atoms with Gasteiger partial charge in [0, 0.05) is 31.3 Å². The highest BCUT2D eigenvalue weighted by Crippen LogP contribution is 2.34. The van der Waals surface area contributed by atoms with E-state index in [0.717, 1.165) is 10.00 Å². The number of nitrogens with zero attached hydrogens (tertiary/aromatic N) is 4. The van der Waals surface area contributed by atoms with Gasteiger partial charge in [-0.05, 0) is 18.2 Å². The summed E-state index contributed by atoms with van der Waals surface area (Å²) < 4.78 is 28.7. The zero-order chi connectivity index (χ0) is 18.4. The van der Waals surface area contributed by atoms with E-state index in [1.807, 2.05) is 6.07 Å². The second-order valence-electron chi connectivity index (χ2n) is 5.59. The van der Waals surface area contributed by atoms with Crippen molar-refractivity contribution in [3.05, 3.63) is 46.2 Å². The van der Waals surface area contributed by atoms with E-state index in [1.54, 1.807) is 11.7 Å². The van der Waals surface area contributed by atoms with Crippen molar-refractivity contribution in [1.29, 1.82) is 5.26 Å². The van der Waals surface area contributed by atoms with Crippen LogP contribution in [0, 0.1) is 11.3 Å². The molecule has 0 saturated heterocycles. The maximum absolute atomic E-state index is 13.0. The van der Waals surface area contributed by atoms with Crippen LogP contribution in [0.4, 0.5) is 0 Å². The summed E-state index contributed by atoms with van der Waals surface area (Å²) in [6, 6.07) is 4.55. The molecule has 0 radical (unpaired) electrons. The number of carbonyl (C=O) groups is 1. The highest BCUT2D eigenvalue weighted by atomic mass is 35.5. The predicted octanol–water partition coefficient (Wildman–Crippen LogP) is 0.719. The molecule has 10 heteroatoms. The number of rotatable bonds is 3. The van der Waals surface area contributed by atoms with Crippen molar-refractivity contribution in [2.75, 3.05) is 6.54 Å². The Balaban J connectivity index is 2.09. The van der Waals surface area contributed by atoms with Gasteiger partial charge in [0.15, 0.2) is 0 Å². The number of carbonyl (C=O) groups excluding carboxylic acids is 1. The molecule has 1 aromatic carbocycles. The molecular weight excluding hydrogens is 366 g/mol. The lowest BCUT2D eigenvalue weighted by atomic mass is 10.0. The zero-order valence-corrected chi connectivity index (χ0v) is 14.8. The normalized spacial score (nSPS) is 17.7. The summed E-state index contributed by atoms with van der Waals surface area (Å²) in [7, 11) is -2.31. The minimum absolute atomic E-state index is 0.0262. The maximum Gasteiger partial charge on any atom is 0.244 e. The zero-order valence-electron chi connectivity index (χ0n) is 13.2. The minimum Gasteiger partial charge on any atom is -0.368 e. The van der Waals surface area contributed by atoms with E-state index in [9.17, 15) is 13.2 Å². The first-order valence-electron chi connectivity index (χ1n) is 7.29. The van der Waals surface area contributed by atoms with Crippen LogP contribution in [0.1, 0.15) is 22.9 Å². The van der Waals surface area contributed by atoms with Crippen LogP contribution < -0.4 is 5.73 Å². The van der Waals surface area contributed by atoms with Gasteiger partial charge in [0.2, 0.25) is 15.9 Å². The van der Waals surface area contributed by atoms with Gasteiger partial charge < -0.3 is 5.73 Å². The van der Waals surface area contributed by atoms with E-state index in [2.05, 4.69) is 5.10 Å². The molecule has 0 bridgehead atoms. The fraction of sp³-hybridized carbons (Fsp3) is 0.267. The standard InChI is InChI=1S/C15H14ClN5O3S/c1-20-13-4-5-21(14(15(18)22)11(13)8-19-20)25(23,24)10-3-2-9(7-17)12(16)6-10/h2-3,6,8,14H,4-5H2,1H3,(H2,18,22). The van der Waals surface area contributed by atoms with Crippen LogP contribution in [0.3, 0.4) is 0 Å². The summed E-state index contributed by atoms with van der Waals surface area (Å²) in [5.74, 6) is -0.780. The number of benzene rings is 1. The van der Waals surface area contributed by atoms with Crippen molar-refractivity contribution < 1.29 is 13.2 Å². The van der Waals surface area contributed by atoms with Crippen LogP contribution >= 0.6 is 11.6 Å². The number of nitrogens with two attached hydrogens (primary N) is 1. The number of aryl methyl sites for hydroxylation is 1. The fourth-order valence-corrected chi connectivity index (χ4v) is 4.84. The molecule has 25 heavy (non-hydrogen) atoms. The largest absolute Gasteiger partial charge is 0.368 e. The van der Waals surface area contributed by atoms with Gasteiger partial charge in [-0.2, -0.15) is 14.7 Å². The van der Waals surface area contributed by atoms with E-state index in [-0.39, 0.29) is 22.0 Å². The Labute approximate surface area is 149 Å². The smallest absolute Gasteiger partial charge is 0.244 e. The molecule has 0 aliphatic carbocycles. The number of halogens is 1. The summed E-state index contributed by atoms with van der Waals surface area (Å²) in [5, 5.41) is 13.0. The van der Waals surface area contributed by atoms with Gasteiger partial charge >= 0.3 is 0 Å². The van der Waals surface area contributed by atoms with Gasteiger partial charge in [-0.15, -0.1) is 0 Å². The van der Waals surface area contributed by atoms with Crippen molar-refractivity contribution in [3.63, 3.8) is 0 Å². The molecule has 3 rings (SSSR count). The lowest BCUT2D eigenvalue weighted by Crippen LogP contribution is -2.45. The molecule has 0 saturated carbocycles. The van der Waals surface area contributed by atoms with Gasteiger partial charge in [-0.1, -0.05) is 11.6 Å². The summed E-state index contributed by atoms with van der Waals surface area (Å²) in [5.41, 5.74) is 6.90. The van der Waals surface area contributed by atoms with Gasteiger partial charge in [0.05, 0.1) is 21.7 Å². The summed E-state index contributed by atoms with van der Waals surface area (Å²) in [6.07, 6.45) is 1.86. The van der Waals surface area contributed by atoms with Crippen LogP contribution in [-0.4, -0.2) is 35.0 Å². The van der Waals surface area contributed by atoms with E-state index in [1.165, 1.54) is 24.4 Å². The third-order valence-electron chi connectivity index (χ3n) is 4.18. The SMILES string of the molecule is Cn1ncc2c1CCN(S(=O)(=O)c1ccc(C#N)c(Cl)c1)C2C(N)=O. The van der Waals surface area contributed by atoms with Crippen molar-refractivity contribution in [2.45, 2.75) is 17.4 Å². The molecule has 2 N–H and O–H groups in total. The molecule has 1 aliphatic heterocycles. The number of nitriles is 1. The van der Waals surface area contributed by atoms with E-state index < -0.39 is 22.0 Å². The molecule has 2 aromatic rings. The molecule has 2 heterocycles. The number of hydrogen-bond donors (Lipinski definition) is 1. The minimum atomic E-state index is -4.04. The van der Waals surface area contributed by atoms with Crippen LogP contribution in [0.15, 0.2) is 29.3 Å². The molecule has 1 aromatic heterocycles. The molecular formula is C15H14ClN5O3S. The Kier molecular flexibility index (Phi) is 4.28.